The van der Waals surface area contributed by atoms with Crippen molar-refractivity contribution in [2.45, 2.75) is 19.1 Å². The molecule has 0 radical (unpaired) electrons. The van der Waals surface area contributed by atoms with E-state index in [9.17, 15) is 19.7 Å². The molecule has 0 saturated carbocycles. The van der Waals surface area contributed by atoms with E-state index in [1.165, 1.54) is 24.3 Å². The number of anilines is 2. The van der Waals surface area contributed by atoms with Gasteiger partial charge in [-0.3, -0.25) is 24.5 Å². The van der Waals surface area contributed by atoms with Crippen LogP contribution in [0.15, 0.2) is 78.9 Å². The molecule has 0 N–H and O–H groups in total. The number of benzene rings is 3. The van der Waals surface area contributed by atoms with E-state index in [-0.39, 0.29) is 11.4 Å². The van der Waals surface area contributed by atoms with Crippen LogP contribution in [0.5, 0.6) is 0 Å². The van der Waals surface area contributed by atoms with Crippen molar-refractivity contribution in [3.63, 3.8) is 0 Å². The molecule has 2 aliphatic rings. The van der Waals surface area contributed by atoms with E-state index < -0.39 is 34.8 Å². The van der Waals surface area contributed by atoms with Crippen LogP contribution in [-0.2, 0) is 14.4 Å². The van der Waals surface area contributed by atoms with Crippen LogP contribution >= 0.6 is 0 Å². The first-order chi connectivity index (χ1) is 15.5. The van der Waals surface area contributed by atoms with Crippen molar-refractivity contribution in [2.75, 3.05) is 9.96 Å². The third-order valence-electron chi connectivity index (χ3n) is 5.84. The van der Waals surface area contributed by atoms with Gasteiger partial charge in [0.2, 0.25) is 5.91 Å². The summed E-state index contributed by atoms with van der Waals surface area (Å²) in [6.07, 6.45) is -1.02. The third kappa shape index (κ3) is 3.12. The number of nitro benzene ring substituents is 1. The lowest BCUT2D eigenvalue weighted by Gasteiger charge is -2.28. The van der Waals surface area contributed by atoms with Crippen LogP contribution in [0.25, 0.3) is 0 Å². The fourth-order valence-corrected chi connectivity index (χ4v) is 4.32. The molecule has 160 valence electrons. The molecule has 0 aromatic heterocycles. The smallest absolute Gasteiger partial charge is 0.271 e. The summed E-state index contributed by atoms with van der Waals surface area (Å²) in [6, 6.07) is 22.1. The molecule has 2 aliphatic heterocycles. The highest BCUT2D eigenvalue weighted by atomic mass is 16.7. The number of non-ortho nitro benzene ring substituents is 1. The Hall–Kier alpha value is -4.04. The van der Waals surface area contributed by atoms with Gasteiger partial charge in [-0.05, 0) is 30.7 Å². The number of nitrogens with zero attached hydrogens (tertiary/aromatic N) is 3. The van der Waals surface area contributed by atoms with Gasteiger partial charge >= 0.3 is 0 Å². The fraction of sp³-hybridized carbons (Fsp3) is 0.167. The second-order valence-electron chi connectivity index (χ2n) is 7.86. The first kappa shape index (κ1) is 19.9. The van der Waals surface area contributed by atoms with Crippen molar-refractivity contribution < 1.29 is 19.3 Å². The Morgan fingerprint density at radius 1 is 0.875 bits per heavy atom. The molecule has 2 heterocycles. The minimum atomic E-state index is -1.02. The number of imide groups is 1. The van der Waals surface area contributed by atoms with Crippen LogP contribution in [0.1, 0.15) is 17.2 Å². The highest BCUT2D eigenvalue weighted by molar-refractivity contribution is 6.24. The van der Waals surface area contributed by atoms with E-state index in [1.807, 2.05) is 61.5 Å². The van der Waals surface area contributed by atoms with Crippen molar-refractivity contribution >= 4 is 28.9 Å². The zero-order valence-corrected chi connectivity index (χ0v) is 17.1. The zero-order chi connectivity index (χ0) is 22.4. The van der Waals surface area contributed by atoms with E-state index in [0.29, 0.717) is 0 Å². The average Bonchev–Trinajstić information content (AvgIpc) is 3.31. The van der Waals surface area contributed by atoms with Gasteiger partial charge in [0.15, 0.2) is 6.10 Å². The predicted molar refractivity (Wildman–Crippen MR) is 117 cm³/mol. The molecule has 2 fully saturated rings. The molecule has 0 unspecified atom stereocenters. The highest BCUT2D eigenvalue weighted by Crippen LogP contribution is 2.47. The van der Waals surface area contributed by atoms with Gasteiger partial charge in [0, 0.05) is 12.1 Å². The van der Waals surface area contributed by atoms with Gasteiger partial charge in [-0.2, -0.15) is 0 Å². The molecule has 2 amide bonds. The Morgan fingerprint density at radius 2 is 1.56 bits per heavy atom. The minimum absolute atomic E-state index is 0.168. The molecule has 3 atom stereocenters. The number of carbonyl (C=O) groups excluding carboxylic acids is 2. The minimum Gasteiger partial charge on any atom is -0.273 e. The SMILES string of the molecule is Cc1ccc([C@H]2[C@H]3C(=O)N(c4cccc([N+](=O)[O-])c4)C(=O)[C@H]3ON2c2ccccc2)cc1. The van der Waals surface area contributed by atoms with Crippen molar-refractivity contribution in [1.29, 1.82) is 0 Å². The molecule has 5 rings (SSSR count). The van der Waals surface area contributed by atoms with E-state index in [1.54, 1.807) is 5.06 Å². The number of aryl methyl sites for hydroxylation is 1. The molecule has 0 spiro atoms. The topological polar surface area (TPSA) is 93.0 Å². The van der Waals surface area contributed by atoms with Crippen molar-refractivity contribution in [2.24, 2.45) is 5.92 Å². The summed E-state index contributed by atoms with van der Waals surface area (Å²) in [5.41, 5.74) is 2.62. The number of carbonyl (C=O) groups is 2. The number of hydrogen-bond acceptors (Lipinski definition) is 6. The van der Waals surface area contributed by atoms with Crippen molar-refractivity contribution in [3.8, 4) is 0 Å². The average molecular weight is 429 g/mol. The summed E-state index contributed by atoms with van der Waals surface area (Å²) in [5, 5.41) is 12.8. The van der Waals surface area contributed by atoms with Gasteiger partial charge in [-0.25, -0.2) is 9.96 Å². The number of fused-ring (bicyclic) bond motifs is 1. The molecule has 8 nitrogen and oxygen atoms in total. The van der Waals surface area contributed by atoms with Crippen LogP contribution in [-0.4, -0.2) is 22.8 Å². The lowest BCUT2D eigenvalue weighted by Crippen LogP contribution is -2.37. The second-order valence-corrected chi connectivity index (χ2v) is 7.86. The van der Waals surface area contributed by atoms with Gasteiger partial charge in [0.05, 0.1) is 22.3 Å². The highest BCUT2D eigenvalue weighted by Gasteiger charge is 2.60. The molecule has 0 bridgehead atoms. The number of hydroxylamine groups is 1. The number of para-hydroxylation sites is 1. The standard InChI is InChI=1S/C24H19N3O5/c1-15-10-12-16(13-11-15)21-20-22(32-26(21)17-6-3-2-4-7-17)24(29)25(23(20)28)18-8-5-9-19(14-18)27(30)31/h2-14,20-22H,1H3/t20-,21+,22+/m1/s1. The Morgan fingerprint density at radius 3 is 2.25 bits per heavy atom. The van der Waals surface area contributed by atoms with Gasteiger partial charge in [-0.1, -0.05) is 54.1 Å². The summed E-state index contributed by atoms with van der Waals surface area (Å²) < 4.78 is 0. The summed E-state index contributed by atoms with van der Waals surface area (Å²) in [6.45, 7) is 1.97. The molecule has 0 aliphatic carbocycles. The van der Waals surface area contributed by atoms with E-state index in [4.69, 9.17) is 4.84 Å². The van der Waals surface area contributed by atoms with Crippen molar-refractivity contribution in [1.82, 2.24) is 0 Å². The number of nitro groups is 1. The Kier molecular flexibility index (Phi) is 4.71. The lowest BCUT2D eigenvalue weighted by atomic mass is 9.90. The summed E-state index contributed by atoms with van der Waals surface area (Å²) >= 11 is 0. The predicted octanol–water partition coefficient (Wildman–Crippen LogP) is 3.95. The Labute approximate surface area is 183 Å². The van der Waals surface area contributed by atoms with E-state index in [2.05, 4.69) is 0 Å². The molecule has 2 saturated heterocycles. The molecule has 8 heteroatoms. The largest absolute Gasteiger partial charge is 0.273 e. The molecular weight excluding hydrogens is 410 g/mol. The molecule has 3 aromatic rings. The molecular formula is C24H19N3O5. The first-order valence-corrected chi connectivity index (χ1v) is 10.2. The maximum absolute atomic E-state index is 13.5. The monoisotopic (exact) mass is 429 g/mol. The quantitative estimate of drug-likeness (QED) is 0.354. The van der Waals surface area contributed by atoms with Crippen LogP contribution in [0.3, 0.4) is 0 Å². The summed E-state index contributed by atoms with van der Waals surface area (Å²) in [7, 11) is 0. The zero-order valence-electron chi connectivity index (χ0n) is 17.1. The second kappa shape index (κ2) is 7.58. The molecule has 3 aromatic carbocycles. The van der Waals surface area contributed by atoms with Gasteiger partial charge in [0.25, 0.3) is 11.6 Å². The third-order valence-corrected chi connectivity index (χ3v) is 5.84. The normalized spacial score (nSPS) is 22.3. The van der Waals surface area contributed by atoms with Gasteiger partial charge < -0.3 is 0 Å². The maximum Gasteiger partial charge on any atom is 0.271 e. The fourth-order valence-electron chi connectivity index (χ4n) is 4.32. The van der Waals surface area contributed by atoms with E-state index in [0.717, 1.165) is 21.7 Å². The number of hydrogen-bond donors (Lipinski definition) is 0. The van der Waals surface area contributed by atoms with Crippen LogP contribution in [0.2, 0.25) is 0 Å². The molecule has 32 heavy (non-hydrogen) atoms. The van der Waals surface area contributed by atoms with Gasteiger partial charge in [0.1, 0.15) is 5.92 Å². The number of rotatable bonds is 4. The van der Waals surface area contributed by atoms with Gasteiger partial charge in [-0.15, -0.1) is 0 Å². The Balaban J connectivity index is 1.57. The van der Waals surface area contributed by atoms with Crippen LogP contribution < -0.4 is 9.96 Å². The maximum atomic E-state index is 13.5. The summed E-state index contributed by atoms with van der Waals surface area (Å²) in [5.74, 6) is -1.76. The summed E-state index contributed by atoms with van der Waals surface area (Å²) in [4.78, 5) is 44.5. The first-order valence-electron chi connectivity index (χ1n) is 10.2. The van der Waals surface area contributed by atoms with Crippen LogP contribution in [0, 0.1) is 23.0 Å². The van der Waals surface area contributed by atoms with E-state index >= 15 is 0 Å². The van der Waals surface area contributed by atoms with Crippen molar-refractivity contribution in [3.05, 3.63) is 100 Å². The van der Waals surface area contributed by atoms with Crippen LogP contribution in [0.4, 0.5) is 17.1 Å². The number of amides is 2. The lowest BCUT2D eigenvalue weighted by molar-refractivity contribution is -0.384. The Bertz CT molecular complexity index is 1210.